The average molecular weight is 266 g/mol. The summed E-state index contributed by atoms with van der Waals surface area (Å²) in [7, 11) is 0. The maximum absolute atomic E-state index is 5.07. The second-order valence-electron chi connectivity index (χ2n) is 4.34. The molecule has 0 saturated heterocycles. The van der Waals surface area contributed by atoms with E-state index >= 15 is 0 Å². The van der Waals surface area contributed by atoms with Crippen LogP contribution in [0.3, 0.4) is 0 Å². The highest BCUT2D eigenvalue weighted by molar-refractivity contribution is 7.11. The topological polar surface area (TPSA) is 63.8 Å². The molecule has 1 atom stereocenters. The van der Waals surface area contributed by atoms with Gasteiger partial charge in [-0.1, -0.05) is 5.16 Å². The van der Waals surface area contributed by atoms with Crippen LogP contribution in [0.25, 0.3) is 0 Å². The van der Waals surface area contributed by atoms with Crippen molar-refractivity contribution in [1.82, 2.24) is 20.4 Å². The summed E-state index contributed by atoms with van der Waals surface area (Å²) in [5.41, 5.74) is 1.12. The van der Waals surface area contributed by atoms with Gasteiger partial charge in [-0.15, -0.1) is 11.3 Å². The van der Waals surface area contributed by atoms with Gasteiger partial charge >= 0.3 is 0 Å². The second-order valence-corrected chi connectivity index (χ2v) is 5.58. The fourth-order valence-electron chi connectivity index (χ4n) is 1.88. The molecule has 18 heavy (non-hydrogen) atoms. The van der Waals surface area contributed by atoms with E-state index < -0.39 is 0 Å². The zero-order valence-corrected chi connectivity index (χ0v) is 12.0. The van der Waals surface area contributed by atoms with E-state index in [1.54, 1.807) is 11.3 Å². The highest BCUT2D eigenvalue weighted by Gasteiger charge is 2.12. The predicted octanol–water partition coefficient (Wildman–Crippen LogP) is 2.34. The van der Waals surface area contributed by atoms with Crippen LogP contribution in [0, 0.1) is 20.8 Å². The molecule has 2 aromatic rings. The molecule has 0 aromatic carbocycles. The van der Waals surface area contributed by atoms with Crippen LogP contribution in [-0.4, -0.2) is 21.7 Å². The first kappa shape index (κ1) is 13.2. The van der Waals surface area contributed by atoms with Crippen LogP contribution in [-0.2, 0) is 6.42 Å². The van der Waals surface area contributed by atoms with Gasteiger partial charge < -0.3 is 9.84 Å². The lowest BCUT2D eigenvalue weighted by Gasteiger charge is -2.11. The van der Waals surface area contributed by atoms with Gasteiger partial charge in [0, 0.05) is 23.9 Å². The second kappa shape index (κ2) is 5.58. The minimum absolute atomic E-state index is 0.306. The zero-order chi connectivity index (χ0) is 13.1. The molecule has 0 bridgehead atoms. The number of nitrogens with zero attached hydrogens (tertiary/aromatic N) is 3. The Bertz CT molecular complexity index is 520. The first-order chi connectivity index (χ1) is 8.56. The molecule has 2 rings (SSSR count). The summed E-state index contributed by atoms with van der Waals surface area (Å²) in [6, 6.07) is 0.306. The molecular formula is C12H18N4OS. The van der Waals surface area contributed by atoms with Gasteiger partial charge in [-0.05, 0) is 27.7 Å². The zero-order valence-electron chi connectivity index (χ0n) is 11.1. The highest BCUT2D eigenvalue weighted by atomic mass is 32.1. The largest absolute Gasteiger partial charge is 0.339 e. The monoisotopic (exact) mass is 266 g/mol. The predicted molar refractivity (Wildman–Crippen MR) is 70.7 cm³/mol. The van der Waals surface area contributed by atoms with Crippen LogP contribution in [0.4, 0.5) is 0 Å². The SMILES string of the molecule is Cc1noc(CCNC(C)c2sc(C)nc2C)n1. The molecule has 2 heterocycles. The van der Waals surface area contributed by atoms with E-state index in [0.29, 0.717) is 17.8 Å². The molecule has 98 valence electrons. The smallest absolute Gasteiger partial charge is 0.227 e. The fourth-order valence-corrected chi connectivity index (χ4v) is 2.83. The minimum Gasteiger partial charge on any atom is -0.339 e. The van der Waals surface area contributed by atoms with Gasteiger partial charge in [-0.25, -0.2) is 4.98 Å². The standard InChI is InChI=1S/C12H18N4OS/c1-7(12-8(2)14-10(4)18-12)13-6-5-11-15-9(3)16-17-11/h7,13H,5-6H2,1-4H3. The van der Waals surface area contributed by atoms with Crippen molar-refractivity contribution in [2.75, 3.05) is 6.54 Å². The van der Waals surface area contributed by atoms with Gasteiger partial charge in [0.1, 0.15) is 0 Å². The first-order valence-corrected chi connectivity index (χ1v) is 6.84. The Labute approximate surface area is 111 Å². The maximum Gasteiger partial charge on any atom is 0.227 e. The molecule has 0 aliphatic rings. The molecule has 0 spiro atoms. The molecular weight excluding hydrogens is 248 g/mol. The molecule has 1 N–H and O–H groups in total. The third-order valence-corrected chi connectivity index (χ3v) is 3.95. The van der Waals surface area contributed by atoms with Crippen molar-refractivity contribution in [3.8, 4) is 0 Å². The number of nitrogens with one attached hydrogen (secondary N) is 1. The van der Waals surface area contributed by atoms with Crippen LogP contribution in [0.5, 0.6) is 0 Å². The molecule has 2 aromatic heterocycles. The minimum atomic E-state index is 0.306. The lowest BCUT2D eigenvalue weighted by molar-refractivity contribution is 0.370. The number of aryl methyl sites for hydroxylation is 3. The third-order valence-electron chi connectivity index (χ3n) is 2.69. The van der Waals surface area contributed by atoms with E-state index in [4.69, 9.17) is 4.52 Å². The Hall–Kier alpha value is -1.27. The summed E-state index contributed by atoms with van der Waals surface area (Å²) in [5, 5.41) is 8.34. The molecule has 0 amide bonds. The number of aromatic nitrogens is 3. The van der Waals surface area contributed by atoms with Crippen molar-refractivity contribution in [2.45, 2.75) is 40.2 Å². The number of thiazole rings is 1. The van der Waals surface area contributed by atoms with E-state index in [0.717, 1.165) is 23.7 Å². The van der Waals surface area contributed by atoms with Crippen molar-refractivity contribution in [3.05, 3.63) is 27.3 Å². The Kier molecular flexibility index (Phi) is 4.08. The van der Waals surface area contributed by atoms with Crippen LogP contribution in [0.15, 0.2) is 4.52 Å². The van der Waals surface area contributed by atoms with Crippen LogP contribution >= 0.6 is 11.3 Å². The van der Waals surface area contributed by atoms with Crippen molar-refractivity contribution >= 4 is 11.3 Å². The summed E-state index contributed by atoms with van der Waals surface area (Å²) in [6.45, 7) is 8.89. The van der Waals surface area contributed by atoms with E-state index in [1.165, 1.54) is 4.88 Å². The van der Waals surface area contributed by atoms with Crippen LogP contribution in [0.2, 0.25) is 0 Å². The van der Waals surface area contributed by atoms with Crippen LogP contribution < -0.4 is 5.32 Å². The van der Waals surface area contributed by atoms with Crippen molar-refractivity contribution < 1.29 is 4.52 Å². The Morgan fingerprint density at radius 2 is 2.06 bits per heavy atom. The average Bonchev–Trinajstić information content (AvgIpc) is 2.85. The van der Waals surface area contributed by atoms with E-state index in [1.807, 2.05) is 13.8 Å². The van der Waals surface area contributed by atoms with Crippen molar-refractivity contribution in [2.24, 2.45) is 0 Å². The fraction of sp³-hybridized carbons (Fsp3) is 0.583. The summed E-state index contributed by atoms with van der Waals surface area (Å²) in [5.74, 6) is 1.37. The van der Waals surface area contributed by atoms with Gasteiger partial charge in [-0.2, -0.15) is 4.98 Å². The molecule has 6 heteroatoms. The van der Waals surface area contributed by atoms with Crippen LogP contribution in [0.1, 0.15) is 40.3 Å². The van der Waals surface area contributed by atoms with Gasteiger partial charge in [0.05, 0.1) is 10.7 Å². The highest BCUT2D eigenvalue weighted by Crippen LogP contribution is 2.24. The summed E-state index contributed by atoms with van der Waals surface area (Å²) < 4.78 is 5.07. The quantitative estimate of drug-likeness (QED) is 0.900. The molecule has 0 aliphatic heterocycles. The molecule has 1 unspecified atom stereocenters. The third kappa shape index (κ3) is 3.14. The molecule has 0 fully saturated rings. The number of hydrogen-bond acceptors (Lipinski definition) is 6. The van der Waals surface area contributed by atoms with Crippen molar-refractivity contribution in [1.29, 1.82) is 0 Å². The van der Waals surface area contributed by atoms with Gasteiger partial charge in [0.15, 0.2) is 5.82 Å². The lowest BCUT2D eigenvalue weighted by atomic mass is 10.2. The van der Waals surface area contributed by atoms with Gasteiger partial charge in [-0.3, -0.25) is 0 Å². The normalized spacial score (nSPS) is 12.9. The Morgan fingerprint density at radius 1 is 1.28 bits per heavy atom. The van der Waals surface area contributed by atoms with Crippen molar-refractivity contribution in [3.63, 3.8) is 0 Å². The summed E-state index contributed by atoms with van der Waals surface area (Å²) >= 11 is 1.75. The molecule has 0 aliphatic carbocycles. The molecule has 0 saturated carbocycles. The molecule has 5 nitrogen and oxygen atoms in total. The van der Waals surface area contributed by atoms with E-state index in [2.05, 4.69) is 34.3 Å². The number of hydrogen-bond donors (Lipinski definition) is 1. The Morgan fingerprint density at radius 3 is 2.61 bits per heavy atom. The first-order valence-electron chi connectivity index (χ1n) is 6.02. The van der Waals surface area contributed by atoms with Gasteiger partial charge in [0.2, 0.25) is 5.89 Å². The molecule has 0 radical (unpaired) electrons. The Balaban J connectivity index is 1.85. The van der Waals surface area contributed by atoms with Gasteiger partial charge in [0.25, 0.3) is 0 Å². The van der Waals surface area contributed by atoms with E-state index in [-0.39, 0.29) is 0 Å². The number of rotatable bonds is 5. The van der Waals surface area contributed by atoms with E-state index in [9.17, 15) is 0 Å². The summed E-state index contributed by atoms with van der Waals surface area (Å²) in [4.78, 5) is 9.91. The summed E-state index contributed by atoms with van der Waals surface area (Å²) in [6.07, 6.45) is 0.752. The maximum atomic E-state index is 5.07. The lowest BCUT2D eigenvalue weighted by Crippen LogP contribution is -2.21.